The number of nitrogens with zero attached hydrogens (tertiary/aromatic N) is 3. The summed E-state index contributed by atoms with van der Waals surface area (Å²) in [6.45, 7) is 4.74. The predicted molar refractivity (Wildman–Crippen MR) is 247 cm³/mol. The van der Waals surface area contributed by atoms with Gasteiger partial charge in [-0.2, -0.15) is 0 Å². The Morgan fingerprint density at radius 1 is 0.356 bits per heavy atom. The van der Waals surface area contributed by atoms with Gasteiger partial charge in [-0.05, 0) is 129 Å². The first-order valence-electron chi connectivity index (χ1n) is 20.4. The van der Waals surface area contributed by atoms with Crippen molar-refractivity contribution in [3.8, 4) is 55.9 Å². The monoisotopic (exact) mass is 753 g/mol. The number of rotatable bonds is 5. The highest BCUT2D eigenvalue weighted by molar-refractivity contribution is 6.14. The Bertz CT molecular complexity index is 3390. The molecule has 0 fully saturated rings. The number of hydrogen-bond donors (Lipinski definition) is 0. The first-order chi connectivity index (χ1) is 29.0. The summed E-state index contributed by atoms with van der Waals surface area (Å²) in [4.78, 5) is 4.47. The van der Waals surface area contributed by atoms with Crippen molar-refractivity contribution in [2.75, 3.05) is 0 Å². The Morgan fingerprint density at radius 3 is 1.69 bits per heavy atom. The van der Waals surface area contributed by atoms with Gasteiger partial charge in [-0.3, -0.25) is 4.98 Å². The Balaban J connectivity index is 1.06. The third-order valence-corrected chi connectivity index (χ3v) is 12.8. The molecule has 0 N–H and O–H groups in total. The van der Waals surface area contributed by atoms with E-state index in [0.29, 0.717) is 0 Å². The minimum atomic E-state index is -0.0858. The zero-order valence-corrected chi connectivity index (χ0v) is 32.9. The lowest BCUT2D eigenvalue weighted by Gasteiger charge is -2.21. The third kappa shape index (κ3) is 5.11. The van der Waals surface area contributed by atoms with Crippen LogP contribution in [0.3, 0.4) is 0 Å². The van der Waals surface area contributed by atoms with Crippen molar-refractivity contribution in [3.05, 3.63) is 212 Å². The van der Waals surface area contributed by atoms with Gasteiger partial charge in [-0.25, -0.2) is 0 Å². The van der Waals surface area contributed by atoms with E-state index in [0.717, 1.165) is 16.8 Å². The minimum absolute atomic E-state index is 0.0858. The molecule has 1 aliphatic rings. The van der Waals surface area contributed by atoms with Gasteiger partial charge >= 0.3 is 0 Å². The van der Waals surface area contributed by atoms with Crippen molar-refractivity contribution >= 4 is 43.6 Å². The number of benzene rings is 8. The maximum atomic E-state index is 4.47. The summed E-state index contributed by atoms with van der Waals surface area (Å²) in [5.41, 5.74) is 19.5. The van der Waals surface area contributed by atoms with Crippen LogP contribution in [0.15, 0.2) is 200 Å². The Morgan fingerprint density at radius 2 is 0.949 bits per heavy atom. The molecule has 0 spiro atoms. The van der Waals surface area contributed by atoms with E-state index in [9.17, 15) is 0 Å². The molecule has 3 nitrogen and oxygen atoms in total. The maximum Gasteiger partial charge on any atom is 0.0547 e. The molecular weight excluding hydrogens is 715 g/mol. The fourth-order valence-electron chi connectivity index (χ4n) is 9.92. The van der Waals surface area contributed by atoms with Crippen LogP contribution in [0.4, 0.5) is 0 Å². The summed E-state index contributed by atoms with van der Waals surface area (Å²) < 4.78 is 4.88. The van der Waals surface area contributed by atoms with E-state index in [1.807, 2.05) is 18.5 Å². The second-order valence-electron chi connectivity index (χ2n) is 16.4. The molecule has 0 aliphatic heterocycles. The fourth-order valence-corrected chi connectivity index (χ4v) is 9.92. The average molecular weight is 754 g/mol. The molecule has 3 heteroatoms. The standard InChI is InChI=1S/C56H39N3/c1-56(2)50-21-11-9-19-44(50)46-34-55-49(33-51(46)56)48-32-38(24-26-54(48)58(55)42-17-7-4-8-18-42)37-23-25-53-47(31-37)45-20-10-12-22-52(45)59(53)43-29-40(36-14-5-3-6-15-36)28-41(30-43)39-16-13-27-57-35-39/h3-35H,1-2H3. The Labute approximate surface area is 343 Å². The largest absolute Gasteiger partial charge is 0.309 e. The van der Waals surface area contributed by atoms with Crippen molar-refractivity contribution in [2.45, 2.75) is 19.3 Å². The Hall–Kier alpha value is -7.49. The van der Waals surface area contributed by atoms with Gasteiger partial charge in [0.1, 0.15) is 0 Å². The third-order valence-electron chi connectivity index (χ3n) is 12.8. The second-order valence-corrected chi connectivity index (χ2v) is 16.4. The van der Waals surface area contributed by atoms with Gasteiger partial charge in [0.25, 0.3) is 0 Å². The molecule has 11 aromatic rings. The Kier molecular flexibility index (Phi) is 7.27. The van der Waals surface area contributed by atoms with Crippen LogP contribution in [0.1, 0.15) is 25.0 Å². The summed E-state index contributed by atoms with van der Waals surface area (Å²) >= 11 is 0. The summed E-state index contributed by atoms with van der Waals surface area (Å²) in [6.07, 6.45) is 3.79. The first kappa shape index (κ1) is 33.6. The molecule has 0 atom stereocenters. The topological polar surface area (TPSA) is 22.8 Å². The zero-order chi connectivity index (χ0) is 39.2. The summed E-state index contributed by atoms with van der Waals surface area (Å²) in [5.74, 6) is 0. The van der Waals surface area contributed by atoms with Gasteiger partial charge in [0.15, 0.2) is 0 Å². The van der Waals surface area contributed by atoms with E-state index < -0.39 is 0 Å². The first-order valence-corrected chi connectivity index (χ1v) is 20.4. The highest BCUT2D eigenvalue weighted by Gasteiger charge is 2.36. The van der Waals surface area contributed by atoms with Gasteiger partial charge in [0.2, 0.25) is 0 Å². The predicted octanol–water partition coefficient (Wildman–Crippen LogP) is 14.6. The molecule has 0 unspecified atom stereocenters. The van der Waals surface area contributed by atoms with Crippen LogP contribution >= 0.6 is 0 Å². The highest BCUT2D eigenvalue weighted by Crippen LogP contribution is 2.51. The lowest BCUT2D eigenvalue weighted by molar-refractivity contribution is 0.661. The second kappa shape index (κ2) is 12.8. The van der Waals surface area contributed by atoms with Crippen LogP contribution in [0.5, 0.6) is 0 Å². The molecule has 278 valence electrons. The minimum Gasteiger partial charge on any atom is -0.309 e. The molecule has 59 heavy (non-hydrogen) atoms. The highest BCUT2D eigenvalue weighted by atomic mass is 15.0. The number of pyridine rings is 1. The summed E-state index contributed by atoms with van der Waals surface area (Å²) in [6, 6.07) is 69.2. The molecule has 0 saturated heterocycles. The maximum absolute atomic E-state index is 4.47. The van der Waals surface area contributed by atoms with Crippen molar-refractivity contribution in [3.63, 3.8) is 0 Å². The molecule has 1 aliphatic carbocycles. The molecule has 8 aromatic carbocycles. The smallest absolute Gasteiger partial charge is 0.0547 e. The molecule has 0 bridgehead atoms. The molecular formula is C56H39N3. The average Bonchev–Trinajstić information content (AvgIpc) is 3.88. The van der Waals surface area contributed by atoms with E-state index in [2.05, 4.69) is 210 Å². The molecule has 0 radical (unpaired) electrons. The van der Waals surface area contributed by atoms with E-state index >= 15 is 0 Å². The number of para-hydroxylation sites is 2. The quantitative estimate of drug-likeness (QED) is 0.172. The summed E-state index contributed by atoms with van der Waals surface area (Å²) in [5, 5.41) is 5.01. The van der Waals surface area contributed by atoms with Crippen LogP contribution in [0.2, 0.25) is 0 Å². The van der Waals surface area contributed by atoms with Crippen LogP contribution in [-0.4, -0.2) is 14.1 Å². The van der Waals surface area contributed by atoms with Crippen LogP contribution in [0, 0.1) is 0 Å². The van der Waals surface area contributed by atoms with Gasteiger partial charge in [-0.15, -0.1) is 0 Å². The van der Waals surface area contributed by atoms with Crippen LogP contribution in [-0.2, 0) is 5.41 Å². The van der Waals surface area contributed by atoms with Gasteiger partial charge in [0.05, 0.1) is 22.1 Å². The van der Waals surface area contributed by atoms with E-state index in [4.69, 9.17) is 0 Å². The SMILES string of the molecule is CC1(C)c2ccccc2-c2cc3c(cc21)c1cc(-c2ccc4c(c2)c2ccccc2n4-c2cc(-c4ccccc4)cc(-c4cccnc4)c2)ccc1n3-c1ccccc1. The lowest BCUT2D eigenvalue weighted by atomic mass is 9.82. The molecule has 12 rings (SSSR count). The number of aromatic nitrogens is 3. The summed E-state index contributed by atoms with van der Waals surface area (Å²) in [7, 11) is 0. The van der Waals surface area contributed by atoms with Crippen molar-refractivity contribution in [1.82, 2.24) is 14.1 Å². The van der Waals surface area contributed by atoms with Crippen molar-refractivity contribution in [2.24, 2.45) is 0 Å². The van der Waals surface area contributed by atoms with Crippen LogP contribution in [0.25, 0.3) is 99.5 Å². The fraction of sp³-hybridized carbons (Fsp3) is 0.0536. The number of fused-ring (bicyclic) bond motifs is 9. The molecule has 0 saturated carbocycles. The van der Waals surface area contributed by atoms with Crippen molar-refractivity contribution < 1.29 is 0 Å². The molecule has 0 amide bonds. The molecule has 3 heterocycles. The van der Waals surface area contributed by atoms with Gasteiger partial charge in [-0.1, -0.05) is 123 Å². The van der Waals surface area contributed by atoms with E-state index in [-0.39, 0.29) is 5.41 Å². The van der Waals surface area contributed by atoms with Crippen molar-refractivity contribution in [1.29, 1.82) is 0 Å². The van der Waals surface area contributed by atoms with Gasteiger partial charge < -0.3 is 9.13 Å². The van der Waals surface area contributed by atoms with E-state index in [1.165, 1.54) is 93.8 Å². The van der Waals surface area contributed by atoms with Gasteiger partial charge in [0, 0.05) is 56.3 Å². The lowest BCUT2D eigenvalue weighted by Crippen LogP contribution is -2.14. The van der Waals surface area contributed by atoms with E-state index in [1.54, 1.807) is 0 Å². The molecule has 3 aromatic heterocycles. The van der Waals surface area contributed by atoms with Crippen LogP contribution < -0.4 is 0 Å². The normalized spacial score (nSPS) is 13.1. The zero-order valence-electron chi connectivity index (χ0n) is 32.9. The number of hydrogen-bond acceptors (Lipinski definition) is 1.